The Balaban J connectivity index is 2.20. The molecule has 0 aliphatic carbocycles. The van der Waals surface area contributed by atoms with Crippen molar-refractivity contribution in [3.8, 4) is 0 Å². The van der Waals surface area contributed by atoms with Crippen LogP contribution in [0.3, 0.4) is 0 Å². The van der Waals surface area contributed by atoms with Gasteiger partial charge in [-0.1, -0.05) is 17.7 Å². The molecule has 1 amide bonds. The maximum Gasteiger partial charge on any atom is 0.330 e. The van der Waals surface area contributed by atoms with Crippen molar-refractivity contribution in [1.82, 2.24) is 14.8 Å². The second-order valence-electron chi connectivity index (χ2n) is 6.88. The van der Waals surface area contributed by atoms with Gasteiger partial charge in [-0.25, -0.2) is 4.79 Å². The number of amides is 1. The summed E-state index contributed by atoms with van der Waals surface area (Å²) >= 11 is 0. The molecule has 1 N–H and O–H groups in total. The average Bonchev–Trinajstić information content (AvgIpc) is 2.81. The molecule has 1 aromatic carbocycles. The van der Waals surface area contributed by atoms with Crippen LogP contribution in [0.25, 0.3) is 10.9 Å². The van der Waals surface area contributed by atoms with E-state index in [1.807, 2.05) is 24.5 Å². The molecule has 128 valence electrons. The predicted octanol–water partition coefficient (Wildman–Crippen LogP) is 4.20. The Hall–Kier alpha value is -2.07. The number of nitrogens with one attached hydrogen (secondary N) is 1. The number of benzene rings is 1. The lowest BCUT2D eigenvalue weighted by Gasteiger charge is -2.21. The summed E-state index contributed by atoms with van der Waals surface area (Å²) in [6.45, 7) is 7.98. The number of carbonyl (C=O) groups is 1. The van der Waals surface area contributed by atoms with Crippen molar-refractivity contribution in [2.75, 3.05) is 13.6 Å². The lowest BCUT2D eigenvalue weighted by Crippen LogP contribution is -2.29. The third-order valence-corrected chi connectivity index (χ3v) is 4.91. The molecular weight excluding hydrogens is 298 g/mol. The Bertz CT molecular complexity index is 801. The second kappa shape index (κ2) is 6.81. The molecule has 0 bridgehead atoms. The molecule has 4 heteroatoms. The molecule has 24 heavy (non-hydrogen) atoms. The summed E-state index contributed by atoms with van der Waals surface area (Å²) in [5, 5.41) is 4.22. The van der Waals surface area contributed by atoms with Crippen LogP contribution >= 0.6 is 0 Å². The molecule has 1 aromatic heterocycles. The molecule has 0 saturated carbocycles. The summed E-state index contributed by atoms with van der Waals surface area (Å²) in [5.74, 6) is 0. The van der Waals surface area contributed by atoms with Crippen molar-refractivity contribution in [3.63, 3.8) is 0 Å². The van der Waals surface area contributed by atoms with E-state index in [1.165, 1.54) is 28.6 Å². The van der Waals surface area contributed by atoms with Crippen molar-refractivity contribution in [3.05, 3.63) is 46.8 Å². The van der Waals surface area contributed by atoms with Crippen LogP contribution in [-0.4, -0.2) is 29.1 Å². The molecule has 0 spiro atoms. The van der Waals surface area contributed by atoms with E-state index >= 15 is 0 Å². The highest BCUT2D eigenvalue weighted by molar-refractivity contribution is 5.96. The van der Waals surface area contributed by atoms with Gasteiger partial charge in [-0.2, -0.15) is 0 Å². The zero-order chi connectivity index (χ0) is 17.3. The van der Waals surface area contributed by atoms with Crippen molar-refractivity contribution in [2.45, 2.75) is 46.6 Å². The second-order valence-corrected chi connectivity index (χ2v) is 6.88. The standard InChI is InChI=1S/C20H27N3O/c1-5-15(3)21-20(24)23-18-8-6-7-11-22(4)13-17(18)16-12-14(2)9-10-19(16)23/h5,9-10,12H,6-8,11,13H2,1-4H3,(H,21,24)/b15-5+. The van der Waals surface area contributed by atoms with Crippen LogP contribution < -0.4 is 5.32 Å². The molecule has 1 aliphatic heterocycles. The molecule has 3 rings (SSSR count). The fourth-order valence-corrected chi connectivity index (χ4v) is 3.51. The van der Waals surface area contributed by atoms with Crippen molar-refractivity contribution < 1.29 is 4.79 Å². The van der Waals surface area contributed by atoms with E-state index in [0.717, 1.165) is 37.1 Å². The van der Waals surface area contributed by atoms with E-state index < -0.39 is 0 Å². The number of carbonyl (C=O) groups excluding carboxylic acids is 1. The first kappa shape index (κ1) is 16.8. The fourth-order valence-electron chi connectivity index (χ4n) is 3.51. The minimum atomic E-state index is -0.0519. The molecule has 2 aromatic rings. The van der Waals surface area contributed by atoms with Gasteiger partial charge in [0.2, 0.25) is 0 Å². The Morgan fingerprint density at radius 2 is 2.08 bits per heavy atom. The quantitative estimate of drug-likeness (QED) is 0.853. The normalized spacial score (nSPS) is 16.6. The number of aryl methyl sites for hydroxylation is 1. The van der Waals surface area contributed by atoms with Crippen molar-refractivity contribution in [1.29, 1.82) is 0 Å². The third kappa shape index (κ3) is 3.11. The molecule has 0 atom stereocenters. The summed E-state index contributed by atoms with van der Waals surface area (Å²) in [4.78, 5) is 15.3. The number of rotatable bonds is 1. The monoisotopic (exact) mass is 325 g/mol. The first-order valence-electron chi connectivity index (χ1n) is 8.77. The van der Waals surface area contributed by atoms with Gasteiger partial charge in [-0.05, 0) is 71.3 Å². The first-order valence-corrected chi connectivity index (χ1v) is 8.77. The van der Waals surface area contributed by atoms with Crippen LogP contribution in [0.15, 0.2) is 30.0 Å². The minimum absolute atomic E-state index is 0.0519. The van der Waals surface area contributed by atoms with Gasteiger partial charge < -0.3 is 10.2 Å². The minimum Gasteiger partial charge on any atom is -0.312 e. The van der Waals surface area contributed by atoms with Gasteiger partial charge in [0.15, 0.2) is 0 Å². The maximum absolute atomic E-state index is 12.9. The fraction of sp³-hybridized carbons (Fsp3) is 0.450. The smallest absolute Gasteiger partial charge is 0.312 e. The average molecular weight is 325 g/mol. The van der Waals surface area contributed by atoms with Crippen LogP contribution in [0.1, 0.15) is 43.5 Å². The van der Waals surface area contributed by atoms with Crippen LogP contribution in [-0.2, 0) is 13.0 Å². The molecule has 4 nitrogen and oxygen atoms in total. The largest absolute Gasteiger partial charge is 0.330 e. The van der Waals surface area contributed by atoms with Gasteiger partial charge in [0.1, 0.15) is 0 Å². The van der Waals surface area contributed by atoms with Gasteiger partial charge in [-0.15, -0.1) is 0 Å². The summed E-state index contributed by atoms with van der Waals surface area (Å²) < 4.78 is 1.90. The number of nitrogens with zero attached hydrogens (tertiary/aromatic N) is 2. The predicted molar refractivity (Wildman–Crippen MR) is 99.3 cm³/mol. The zero-order valence-corrected chi connectivity index (χ0v) is 15.1. The van der Waals surface area contributed by atoms with Gasteiger partial charge in [0.05, 0.1) is 5.52 Å². The number of allylic oxidation sites excluding steroid dienone is 2. The molecule has 2 heterocycles. The summed E-state index contributed by atoms with van der Waals surface area (Å²) in [7, 11) is 2.16. The molecule has 0 radical (unpaired) electrons. The van der Waals surface area contributed by atoms with Crippen LogP contribution in [0.2, 0.25) is 0 Å². The van der Waals surface area contributed by atoms with Gasteiger partial charge >= 0.3 is 6.03 Å². The topological polar surface area (TPSA) is 37.3 Å². The van der Waals surface area contributed by atoms with Gasteiger partial charge in [0, 0.05) is 23.3 Å². The number of aromatic nitrogens is 1. The number of hydrogen-bond donors (Lipinski definition) is 1. The first-order chi connectivity index (χ1) is 11.5. The Labute approximate surface area is 144 Å². The SMILES string of the molecule is C/C=C(\C)NC(=O)n1c2c(c3cc(C)ccc31)CN(C)CCCC2. The number of hydrogen-bond acceptors (Lipinski definition) is 2. The Morgan fingerprint density at radius 3 is 2.83 bits per heavy atom. The lowest BCUT2D eigenvalue weighted by molar-refractivity contribution is 0.244. The van der Waals surface area contributed by atoms with E-state index in [9.17, 15) is 4.79 Å². The zero-order valence-electron chi connectivity index (χ0n) is 15.1. The van der Waals surface area contributed by atoms with E-state index in [4.69, 9.17) is 0 Å². The van der Waals surface area contributed by atoms with Gasteiger partial charge in [0.25, 0.3) is 0 Å². The third-order valence-electron chi connectivity index (χ3n) is 4.91. The van der Waals surface area contributed by atoms with E-state index in [0.29, 0.717) is 0 Å². The van der Waals surface area contributed by atoms with Crippen LogP contribution in [0.4, 0.5) is 4.79 Å². The Morgan fingerprint density at radius 1 is 1.29 bits per heavy atom. The highest BCUT2D eigenvalue weighted by atomic mass is 16.2. The van der Waals surface area contributed by atoms with Crippen molar-refractivity contribution in [2.24, 2.45) is 0 Å². The highest BCUT2D eigenvalue weighted by Gasteiger charge is 2.23. The molecular formula is C20H27N3O. The summed E-state index contributed by atoms with van der Waals surface area (Å²) in [6.07, 6.45) is 5.17. The van der Waals surface area contributed by atoms with Crippen molar-refractivity contribution >= 4 is 16.9 Å². The van der Waals surface area contributed by atoms with E-state index in [1.54, 1.807) is 0 Å². The lowest BCUT2D eigenvalue weighted by atomic mass is 10.0. The van der Waals surface area contributed by atoms with E-state index in [2.05, 4.69) is 42.4 Å². The van der Waals surface area contributed by atoms with E-state index in [-0.39, 0.29) is 6.03 Å². The van der Waals surface area contributed by atoms with Gasteiger partial charge in [-0.3, -0.25) is 4.57 Å². The maximum atomic E-state index is 12.9. The Kier molecular flexibility index (Phi) is 4.76. The molecule has 0 unspecified atom stereocenters. The number of fused-ring (bicyclic) bond motifs is 3. The highest BCUT2D eigenvalue weighted by Crippen LogP contribution is 2.30. The summed E-state index contributed by atoms with van der Waals surface area (Å²) in [6, 6.07) is 6.34. The summed E-state index contributed by atoms with van der Waals surface area (Å²) in [5.41, 5.74) is 5.61. The molecule has 0 fully saturated rings. The van der Waals surface area contributed by atoms with Crippen LogP contribution in [0, 0.1) is 6.92 Å². The molecule has 0 saturated heterocycles. The van der Waals surface area contributed by atoms with Crippen LogP contribution in [0.5, 0.6) is 0 Å². The molecule has 1 aliphatic rings.